The molecule has 0 saturated heterocycles. The second-order valence-corrected chi connectivity index (χ2v) is 6.39. The van der Waals surface area contributed by atoms with Crippen LogP contribution in [0.15, 0.2) is 24.3 Å². The fraction of sp³-hybridized carbons (Fsp3) is 0.385. The van der Waals surface area contributed by atoms with Gasteiger partial charge >= 0.3 is 5.97 Å². The Balaban J connectivity index is 2.84. The molecule has 0 heterocycles. The third-order valence-electron chi connectivity index (χ3n) is 2.68. The lowest BCUT2D eigenvalue weighted by Gasteiger charge is -2.18. The van der Waals surface area contributed by atoms with Crippen LogP contribution in [0.1, 0.15) is 23.2 Å². The Morgan fingerprint density at radius 2 is 1.90 bits per heavy atom. The van der Waals surface area contributed by atoms with Crippen LogP contribution in [0.2, 0.25) is 0 Å². The van der Waals surface area contributed by atoms with E-state index in [1.165, 1.54) is 17.0 Å². The molecule has 0 fully saturated rings. The number of nitrogens with zero attached hydrogens (tertiary/aromatic N) is 1. The van der Waals surface area contributed by atoms with Gasteiger partial charge in [-0.15, -0.1) is 0 Å². The molecule has 0 spiro atoms. The van der Waals surface area contributed by atoms with Crippen molar-refractivity contribution in [3.63, 3.8) is 0 Å². The molecule has 0 aliphatic rings. The second kappa shape index (κ2) is 7.07. The first kappa shape index (κ1) is 17.0. The third-order valence-corrected chi connectivity index (χ3v) is 3.27. The number of carboxylic acids is 1. The van der Waals surface area contributed by atoms with Gasteiger partial charge in [-0.2, -0.15) is 0 Å². The second-order valence-electron chi connectivity index (χ2n) is 4.64. The molecule has 0 aromatic heterocycles. The van der Waals surface area contributed by atoms with Crippen molar-refractivity contribution in [2.75, 3.05) is 24.6 Å². The number of amides is 1. The lowest BCUT2D eigenvalue weighted by Crippen LogP contribution is -2.29. The predicted molar refractivity (Wildman–Crippen MR) is 78.7 cm³/mol. The molecule has 1 amide bonds. The van der Waals surface area contributed by atoms with Crippen molar-refractivity contribution in [1.82, 2.24) is 4.90 Å². The Kier molecular flexibility index (Phi) is 5.71. The van der Waals surface area contributed by atoms with Crippen molar-refractivity contribution in [2.45, 2.75) is 12.8 Å². The summed E-state index contributed by atoms with van der Waals surface area (Å²) < 4.78 is 24.9. The first-order valence-electron chi connectivity index (χ1n) is 6.25. The molecule has 1 aromatic carbocycles. The van der Waals surface area contributed by atoms with Crippen LogP contribution < -0.4 is 4.72 Å². The summed E-state index contributed by atoms with van der Waals surface area (Å²) in [5, 5.41) is 8.57. The van der Waals surface area contributed by atoms with Gasteiger partial charge in [0, 0.05) is 20.0 Å². The van der Waals surface area contributed by atoms with Gasteiger partial charge in [0.2, 0.25) is 10.0 Å². The lowest BCUT2D eigenvalue weighted by molar-refractivity contribution is -0.137. The number of carbonyl (C=O) groups excluding carboxylic acids is 1. The molecule has 0 aliphatic carbocycles. The number of hydrogen-bond donors (Lipinski definition) is 2. The van der Waals surface area contributed by atoms with Gasteiger partial charge in [-0.25, -0.2) is 8.42 Å². The van der Waals surface area contributed by atoms with Gasteiger partial charge in [0.05, 0.1) is 17.5 Å². The maximum Gasteiger partial charge on any atom is 0.303 e. The summed E-state index contributed by atoms with van der Waals surface area (Å²) in [6, 6.07) is 6.27. The van der Waals surface area contributed by atoms with Gasteiger partial charge in [0.15, 0.2) is 0 Å². The fourth-order valence-electron chi connectivity index (χ4n) is 1.73. The van der Waals surface area contributed by atoms with E-state index in [2.05, 4.69) is 4.72 Å². The number of para-hydroxylation sites is 1. The Labute approximate surface area is 123 Å². The molecule has 1 rings (SSSR count). The number of aliphatic carboxylic acids is 1. The SMILES string of the molecule is CN(CCCC(=O)O)C(=O)c1ccccc1NS(C)(=O)=O. The highest BCUT2D eigenvalue weighted by molar-refractivity contribution is 7.92. The largest absolute Gasteiger partial charge is 0.481 e. The highest BCUT2D eigenvalue weighted by atomic mass is 32.2. The van der Waals surface area contributed by atoms with Crippen LogP contribution in [0, 0.1) is 0 Å². The molecular weight excluding hydrogens is 296 g/mol. The zero-order chi connectivity index (χ0) is 16.0. The van der Waals surface area contributed by atoms with E-state index in [4.69, 9.17) is 5.11 Å². The van der Waals surface area contributed by atoms with Gasteiger partial charge in [-0.1, -0.05) is 12.1 Å². The van der Waals surface area contributed by atoms with Crippen molar-refractivity contribution in [1.29, 1.82) is 0 Å². The molecule has 7 nitrogen and oxygen atoms in total. The Hall–Kier alpha value is -2.09. The van der Waals surface area contributed by atoms with Crippen molar-refractivity contribution in [3.8, 4) is 0 Å². The molecule has 0 saturated carbocycles. The highest BCUT2D eigenvalue weighted by Gasteiger charge is 2.17. The van der Waals surface area contributed by atoms with Gasteiger partial charge in [0.25, 0.3) is 5.91 Å². The number of carboxylic acid groups (broad SMARTS) is 1. The average molecular weight is 314 g/mol. The maximum atomic E-state index is 12.3. The summed E-state index contributed by atoms with van der Waals surface area (Å²) in [6.45, 7) is 0.276. The number of hydrogen-bond acceptors (Lipinski definition) is 4. The lowest BCUT2D eigenvalue weighted by atomic mass is 10.1. The molecule has 8 heteroatoms. The maximum absolute atomic E-state index is 12.3. The summed E-state index contributed by atoms with van der Waals surface area (Å²) in [7, 11) is -1.94. The monoisotopic (exact) mass is 314 g/mol. The smallest absolute Gasteiger partial charge is 0.303 e. The summed E-state index contributed by atoms with van der Waals surface area (Å²) >= 11 is 0. The number of nitrogens with one attached hydrogen (secondary N) is 1. The molecule has 1 aromatic rings. The molecular formula is C13H18N2O5S. The molecule has 116 valence electrons. The first-order chi connectivity index (χ1) is 9.70. The molecule has 0 atom stereocenters. The van der Waals surface area contributed by atoms with Crippen LogP contribution in [0.5, 0.6) is 0 Å². The number of benzene rings is 1. The van der Waals surface area contributed by atoms with Crippen LogP contribution in [0.4, 0.5) is 5.69 Å². The molecule has 0 radical (unpaired) electrons. The number of sulfonamides is 1. The van der Waals surface area contributed by atoms with Crippen LogP contribution in [0.3, 0.4) is 0 Å². The van der Waals surface area contributed by atoms with Crippen molar-refractivity contribution >= 4 is 27.6 Å². The van der Waals surface area contributed by atoms with Crippen molar-refractivity contribution in [3.05, 3.63) is 29.8 Å². The number of carbonyl (C=O) groups is 2. The first-order valence-corrected chi connectivity index (χ1v) is 8.14. The van der Waals surface area contributed by atoms with Crippen molar-refractivity contribution in [2.24, 2.45) is 0 Å². The molecule has 21 heavy (non-hydrogen) atoms. The quantitative estimate of drug-likeness (QED) is 0.781. The Morgan fingerprint density at radius 3 is 2.48 bits per heavy atom. The van der Waals surface area contributed by atoms with Crippen LogP contribution in [0.25, 0.3) is 0 Å². The Morgan fingerprint density at radius 1 is 1.29 bits per heavy atom. The van der Waals surface area contributed by atoms with E-state index in [-0.39, 0.29) is 30.1 Å². The van der Waals surface area contributed by atoms with Crippen LogP contribution in [-0.4, -0.2) is 50.1 Å². The highest BCUT2D eigenvalue weighted by Crippen LogP contribution is 2.18. The summed E-state index contributed by atoms with van der Waals surface area (Å²) in [5.74, 6) is -1.29. The summed E-state index contributed by atoms with van der Waals surface area (Å²) in [4.78, 5) is 24.1. The fourth-order valence-corrected chi connectivity index (χ4v) is 2.31. The molecule has 0 aliphatic heterocycles. The van der Waals surface area contributed by atoms with Gasteiger partial charge in [-0.3, -0.25) is 14.3 Å². The van der Waals surface area contributed by atoms with E-state index in [0.717, 1.165) is 6.26 Å². The standard InChI is InChI=1S/C13H18N2O5S/c1-15(9-5-8-12(16)17)13(18)10-6-3-4-7-11(10)14-21(2,19)20/h3-4,6-7,14H,5,8-9H2,1-2H3,(H,16,17). The average Bonchev–Trinajstić information content (AvgIpc) is 2.36. The zero-order valence-corrected chi connectivity index (χ0v) is 12.7. The van der Waals surface area contributed by atoms with Gasteiger partial charge in [0.1, 0.15) is 0 Å². The predicted octanol–water partition coefficient (Wildman–Crippen LogP) is 0.995. The van der Waals surface area contributed by atoms with E-state index in [0.29, 0.717) is 6.42 Å². The normalized spacial score (nSPS) is 11.0. The van der Waals surface area contributed by atoms with Crippen molar-refractivity contribution < 1.29 is 23.1 Å². The van der Waals surface area contributed by atoms with E-state index < -0.39 is 16.0 Å². The third kappa shape index (κ3) is 5.82. The number of rotatable bonds is 7. The molecule has 0 unspecified atom stereocenters. The van der Waals surface area contributed by atoms with Gasteiger partial charge in [-0.05, 0) is 18.6 Å². The Bertz CT molecular complexity index is 627. The summed E-state index contributed by atoms with van der Waals surface area (Å²) in [6.07, 6.45) is 1.31. The molecule has 0 bridgehead atoms. The van der Waals surface area contributed by atoms with E-state index in [9.17, 15) is 18.0 Å². The van der Waals surface area contributed by atoms with E-state index in [1.807, 2.05) is 0 Å². The molecule has 2 N–H and O–H groups in total. The minimum absolute atomic E-state index is 0.0269. The minimum Gasteiger partial charge on any atom is -0.481 e. The zero-order valence-electron chi connectivity index (χ0n) is 11.9. The number of anilines is 1. The topological polar surface area (TPSA) is 104 Å². The van der Waals surface area contributed by atoms with E-state index in [1.54, 1.807) is 19.2 Å². The minimum atomic E-state index is -3.49. The van der Waals surface area contributed by atoms with Gasteiger partial charge < -0.3 is 10.0 Å². The summed E-state index contributed by atoms with van der Waals surface area (Å²) in [5.41, 5.74) is 0.427. The van der Waals surface area contributed by atoms with Crippen LogP contribution in [-0.2, 0) is 14.8 Å². The van der Waals surface area contributed by atoms with E-state index >= 15 is 0 Å². The van der Waals surface area contributed by atoms with Crippen LogP contribution >= 0.6 is 0 Å².